The van der Waals surface area contributed by atoms with E-state index in [0.717, 1.165) is 13.0 Å². The van der Waals surface area contributed by atoms with E-state index in [1.165, 1.54) is 19.3 Å². The van der Waals surface area contributed by atoms with E-state index in [0.29, 0.717) is 31.3 Å². The Morgan fingerprint density at radius 1 is 1.26 bits per heavy atom. The topological polar surface area (TPSA) is 69.6 Å². The van der Waals surface area contributed by atoms with E-state index < -0.39 is 11.9 Å². The highest BCUT2D eigenvalue weighted by Gasteiger charge is 2.29. The molecule has 1 saturated carbocycles. The summed E-state index contributed by atoms with van der Waals surface area (Å²) < 4.78 is 0. The molecule has 19 heavy (non-hydrogen) atoms. The van der Waals surface area contributed by atoms with E-state index in [-0.39, 0.29) is 6.03 Å². The molecule has 5 nitrogen and oxygen atoms in total. The smallest absolute Gasteiger partial charge is 0.317 e. The van der Waals surface area contributed by atoms with Crippen molar-refractivity contribution in [1.82, 2.24) is 10.2 Å². The third-order valence-electron chi connectivity index (χ3n) is 4.61. The van der Waals surface area contributed by atoms with Crippen LogP contribution in [0.1, 0.15) is 39.0 Å². The minimum atomic E-state index is -0.790. The molecule has 108 valence electrons. The summed E-state index contributed by atoms with van der Waals surface area (Å²) in [4.78, 5) is 24.7. The Morgan fingerprint density at radius 3 is 2.68 bits per heavy atom. The SMILES string of the molecule is CC1CCCC1CNC(=O)N1CCC[C@H](C(=O)O)C1. The molecule has 2 N–H and O–H groups in total. The Bertz CT molecular complexity index is 346. The fourth-order valence-electron chi connectivity index (χ4n) is 3.22. The number of hydrogen-bond donors (Lipinski definition) is 2. The molecule has 5 heteroatoms. The number of nitrogens with one attached hydrogen (secondary N) is 1. The fourth-order valence-corrected chi connectivity index (χ4v) is 3.22. The van der Waals surface area contributed by atoms with Crippen LogP contribution in [0, 0.1) is 17.8 Å². The molecular formula is C14H24N2O3. The standard InChI is InChI=1S/C14H24N2O3/c1-10-4-2-5-11(10)8-15-14(19)16-7-3-6-12(9-16)13(17)18/h10-12H,2-9H2,1H3,(H,15,19)(H,17,18)/t10?,11?,12-/m0/s1. The number of amides is 2. The number of piperidine rings is 1. The molecule has 3 atom stereocenters. The average molecular weight is 268 g/mol. The molecule has 0 aromatic rings. The summed E-state index contributed by atoms with van der Waals surface area (Å²) in [6.07, 6.45) is 5.17. The van der Waals surface area contributed by atoms with Crippen molar-refractivity contribution in [3.8, 4) is 0 Å². The summed E-state index contributed by atoms with van der Waals surface area (Å²) in [6.45, 7) is 4.00. The van der Waals surface area contributed by atoms with Gasteiger partial charge in [0.1, 0.15) is 0 Å². The highest BCUT2D eigenvalue weighted by atomic mass is 16.4. The number of carbonyl (C=O) groups excluding carboxylic acids is 1. The molecule has 1 saturated heterocycles. The molecule has 0 aromatic heterocycles. The lowest BCUT2D eigenvalue weighted by Gasteiger charge is -2.31. The van der Waals surface area contributed by atoms with Gasteiger partial charge in [0.15, 0.2) is 0 Å². The lowest BCUT2D eigenvalue weighted by molar-refractivity contribution is -0.143. The predicted octanol–water partition coefficient (Wildman–Crippen LogP) is 1.93. The minimum Gasteiger partial charge on any atom is -0.481 e. The first-order valence-electron chi connectivity index (χ1n) is 7.33. The van der Waals surface area contributed by atoms with Crippen LogP contribution in [0.2, 0.25) is 0 Å². The van der Waals surface area contributed by atoms with Crippen molar-refractivity contribution in [3.63, 3.8) is 0 Å². The largest absolute Gasteiger partial charge is 0.481 e. The molecule has 2 aliphatic rings. The first-order chi connectivity index (χ1) is 9.08. The zero-order valence-electron chi connectivity index (χ0n) is 11.6. The van der Waals surface area contributed by atoms with E-state index in [4.69, 9.17) is 5.11 Å². The number of carbonyl (C=O) groups is 2. The maximum atomic E-state index is 12.1. The highest BCUT2D eigenvalue weighted by molar-refractivity contribution is 5.76. The quantitative estimate of drug-likeness (QED) is 0.821. The van der Waals surface area contributed by atoms with Gasteiger partial charge in [-0.05, 0) is 31.1 Å². The van der Waals surface area contributed by atoms with Crippen LogP contribution in [0.25, 0.3) is 0 Å². The van der Waals surface area contributed by atoms with Gasteiger partial charge in [0.2, 0.25) is 0 Å². The lowest BCUT2D eigenvalue weighted by Crippen LogP contribution is -2.48. The van der Waals surface area contributed by atoms with Gasteiger partial charge in [-0.15, -0.1) is 0 Å². The molecule has 2 unspecified atom stereocenters. The monoisotopic (exact) mass is 268 g/mol. The highest BCUT2D eigenvalue weighted by Crippen LogP contribution is 2.30. The van der Waals surface area contributed by atoms with Crippen molar-refractivity contribution in [2.75, 3.05) is 19.6 Å². The number of hydrogen-bond acceptors (Lipinski definition) is 2. The van der Waals surface area contributed by atoms with Crippen LogP contribution in [0.4, 0.5) is 4.79 Å². The van der Waals surface area contributed by atoms with Gasteiger partial charge in [-0.3, -0.25) is 4.79 Å². The van der Waals surface area contributed by atoms with Crippen molar-refractivity contribution in [3.05, 3.63) is 0 Å². The maximum absolute atomic E-state index is 12.1. The van der Waals surface area contributed by atoms with E-state index in [9.17, 15) is 9.59 Å². The zero-order valence-corrected chi connectivity index (χ0v) is 11.6. The molecule has 0 bridgehead atoms. The van der Waals surface area contributed by atoms with Crippen LogP contribution < -0.4 is 5.32 Å². The second-order valence-electron chi connectivity index (χ2n) is 5.98. The van der Waals surface area contributed by atoms with Crippen LogP contribution in [0.3, 0.4) is 0 Å². The van der Waals surface area contributed by atoms with Crippen LogP contribution in [-0.2, 0) is 4.79 Å². The minimum absolute atomic E-state index is 0.0925. The number of aliphatic carboxylic acids is 1. The number of likely N-dealkylation sites (tertiary alicyclic amines) is 1. The summed E-state index contributed by atoms with van der Waals surface area (Å²) in [5, 5.41) is 12.0. The molecule has 2 amide bonds. The molecule has 1 aliphatic heterocycles. The zero-order chi connectivity index (χ0) is 13.8. The van der Waals surface area contributed by atoms with Crippen molar-refractivity contribution in [2.45, 2.75) is 39.0 Å². The summed E-state index contributed by atoms with van der Waals surface area (Å²) >= 11 is 0. The number of nitrogens with zero attached hydrogens (tertiary/aromatic N) is 1. The number of carboxylic acid groups (broad SMARTS) is 1. The lowest BCUT2D eigenvalue weighted by atomic mass is 9.98. The van der Waals surface area contributed by atoms with Gasteiger partial charge in [-0.2, -0.15) is 0 Å². The molecule has 2 fully saturated rings. The third-order valence-corrected chi connectivity index (χ3v) is 4.61. The van der Waals surface area contributed by atoms with Crippen molar-refractivity contribution in [2.24, 2.45) is 17.8 Å². The summed E-state index contributed by atoms with van der Waals surface area (Å²) in [5.41, 5.74) is 0. The number of carboxylic acids is 1. The van der Waals surface area contributed by atoms with Gasteiger partial charge in [0.05, 0.1) is 5.92 Å². The first-order valence-corrected chi connectivity index (χ1v) is 7.33. The Labute approximate surface area is 114 Å². The van der Waals surface area contributed by atoms with Gasteiger partial charge in [0.25, 0.3) is 0 Å². The van der Waals surface area contributed by atoms with E-state index in [1.54, 1.807) is 4.90 Å². The normalized spacial score (nSPS) is 31.2. The van der Waals surface area contributed by atoms with Crippen LogP contribution in [-0.4, -0.2) is 41.6 Å². The Morgan fingerprint density at radius 2 is 2.05 bits per heavy atom. The predicted molar refractivity (Wildman–Crippen MR) is 71.8 cm³/mol. The Balaban J connectivity index is 1.77. The Hall–Kier alpha value is -1.26. The average Bonchev–Trinajstić information content (AvgIpc) is 2.81. The molecule has 0 spiro atoms. The summed E-state index contributed by atoms with van der Waals surface area (Å²) in [6, 6.07) is -0.0925. The van der Waals surface area contributed by atoms with Crippen molar-refractivity contribution < 1.29 is 14.7 Å². The van der Waals surface area contributed by atoms with Gasteiger partial charge in [0, 0.05) is 19.6 Å². The molecule has 0 aromatic carbocycles. The van der Waals surface area contributed by atoms with Crippen molar-refractivity contribution >= 4 is 12.0 Å². The summed E-state index contributed by atoms with van der Waals surface area (Å²) in [5.74, 6) is 0.0873. The second kappa shape index (κ2) is 6.26. The number of urea groups is 1. The van der Waals surface area contributed by atoms with E-state index >= 15 is 0 Å². The maximum Gasteiger partial charge on any atom is 0.317 e. The van der Waals surface area contributed by atoms with Crippen LogP contribution in [0.5, 0.6) is 0 Å². The fraction of sp³-hybridized carbons (Fsp3) is 0.857. The Kier molecular flexibility index (Phi) is 4.66. The van der Waals surface area contributed by atoms with Crippen LogP contribution >= 0.6 is 0 Å². The molecule has 0 radical (unpaired) electrons. The third kappa shape index (κ3) is 3.61. The van der Waals surface area contributed by atoms with E-state index in [1.807, 2.05) is 0 Å². The van der Waals surface area contributed by atoms with Gasteiger partial charge >= 0.3 is 12.0 Å². The second-order valence-corrected chi connectivity index (χ2v) is 5.98. The molecule has 1 aliphatic carbocycles. The number of rotatable bonds is 3. The molecular weight excluding hydrogens is 244 g/mol. The molecule has 2 rings (SSSR count). The first kappa shape index (κ1) is 14.2. The van der Waals surface area contributed by atoms with Crippen LogP contribution in [0.15, 0.2) is 0 Å². The van der Waals surface area contributed by atoms with Gasteiger partial charge in [-0.25, -0.2) is 4.79 Å². The van der Waals surface area contributed by atoms with E-state index in [2.05, 4.69) is 12.2 Å². The van der Waals surface area contributed by atoms with Gasteiger partial charge in [-0.1, -0.05) is 19.8 Å². The van der Waals surface area contributed by atoms with Gasteiger partial charge < -0.3 is 15.3 Å². The summed E-state index contributed by atoms with van der Waals surface area (Å²) in [7, 11) is 0. The molecule has 1 heterocycles. The van der Waals surface area contributed by atoms with Crippen molar-refractivity contribution in [1.29, 1.82) is 0 Å².